The number of para-hydroxylation sites is 1. The minimum atomic E-state index is -0.135. The molecule has 0 saturated heterocycles. The average Bonchev–Trinajstić information content (AvgIpc) is 2.47. The summed E-state index contributed by atoms with van der Waals surface area (Å²) < 4.78 is 5.17. The molecule has 0 saturated carbocycles. The van der Waals surface area contributed by atoms with Gasteiger partial charge in [0.2, 0.25) is 0 Å². The zero-order chi connectivity index (χ0) is 14.4. The van der Waals surface area contributed by atoms with Crippen molar-refractivity contribution >= 4 is 17.5 Å². The maximum atomic E-state index is 12.1. The maximum Gasteiger partial charge on any atom is 0.255 e. The molecule has 3 nitrogen and oxygen atoms in total. The van der Waals surface area contributed by atoms with E-state index < -0.39 is 0 Å². The van der Waals surface area contributed by atoms with E-state index in [2.05, 4.69) is 5.32 Å². The largest absolute Gasteiger partial charge is 0.496 e. The molecule has 0 atom stereocenters. The van der Waals surface area contributed by atoms with Crippen LogP contribution in [0.1, 0.15) is 15.9 Å². The molecular formula is C16H16ClNO2. The highest BCUT2D eigenvalue weighted by Gasteiger charge is 2.10. The molecule has 104 valence electrons. The summed E-state index contributed by atoms with van der Waals surface area (Å²) in [7, 11) is 1.55. The van der Waals surface area contributed by atoms with E-state index in [1.165, 1.54) is 0 Å². The van der Waals surface area contributed by atoms with Gasteiger partial charge in [0.05, 0.1) is 12.7 Å². The predicted octanol–water partition coefficient (Wildman–Crippen LogP) is 3.32. The van der Waals surface area contributed by atoms with Crippen molar-refractivity contribution in [1.82, 2.24) is 5.32 Å². The number of carbonyl (C=O) groups is 1. The van der Waals surface area contributed by atoms with E-state index in [1.54, 1.807) is 19.2 Å². The highest BCUT2D eigenvalue weighted by atomic mass is 35.5. The van der Waals surface area contributed by atoms with Crippen molar-refractivity contribution in [1.29, 1.82) is 0 Å². The van der Waals surface area contributed by atoms with Gasteiger partial charge in [-0.05, 0) is 36.2 Å². The molecule has 0 bridgehead atoms. The average molecular weight is 290 g/mol. The molecule has 1 N–H and O–H groups in total. The smallest absolute Gasteiger partial charge is 0.255 e. The first-order chi connectivity index (χ1) is 9.70. The van der Waals surface area contributed by atoms with Gasteiger partial charge in [-0.25, -0.2) is 0 Å². The van der Waals surface area contributed by atoms with Crippen LogP contribution in [-0.4, -0.2) is 19.6 Å². The normalized spacial score (nSPS) is 10.1. The van der Waals surface area contributed by atoms with E-state index >= 15 is 0 Å². The van der Waals surface area contributed by atoms with Crippen LogP contribution in [0.2, 0.25) is 5.02 Å². The van der Waals surface area contributed by atoms with E-state index in [-0.39, 0.29) is 5.91 Å². The minimum absolute atomic E-state index is 0.135. The summed E-state index contributed by atoms with van der Waals surface area (Å²) in [6, 6.07) is 14.8. The topological polar surface area (TPSA) is 38.3 Å². The van der Waals surface area contributed by atoms with Crippen molar-refractivity contribution in [3.05, 3.63) is 64.7 Å². The van der Waals surface area contributed by atoms with Gasteiger partial charge in [-0.3, -0.25) is 4.79 Å². The Bertz CT molecular complexity index is 599. The Morgan fingerprint density at radius 3 is 2.75 bits per heavy atom. The predicted molar refractivity (Wildman–Crippen MR) is 80.5 cm³/mol. The summed E-state index contributed by atoms with van der Waals surface area (Å²) in [5, 5.41) is 3.59. The van der Waals surface area contributed by atoms with E-state index in [0.717, 1.165) is 12.0 Å². The van der Waals surface area contributed by atoms with Gasteiger partial charge in [-0.2, -0.15) is 0 Å². The van der Waals surface area contributed by atoms with Gasteiger partial charge in [0.25, 0.3) is 5.91 Å². The van der Waals surface area contributed by atoms with Crippen molar-refractivity contribution in [2.45, 2.75) is 6.42 Å². The van der Waals surface area contributed by atoms with Gasteiger partial charge in [-0.1, -0.05) is 35.9 Å². The Hall–Kier alpha value is -2.00. The number of benzene rings is 2. The quantitative estimate of drug-likeness (QED) is 0.917. The lowest BCUT2D eigenvalue weighted by Crippen LogP contribution is -2.26. The fourth-order valence-corrected chi connectivity index (χ4v) is 2.15. The second-order valence-electron chi connectivity index (χ2n) is 4.34. The summed E-state index contributed by atoms with van der Waals surface area (Å²) in [5.41, 5.74) is 1.64. The molecule has 0 fully saturated rings. The van der Waals surface area contributed by atoms with Crippen LogP contribution in [0.15, 0.2) is 48.5 Å². The zero-order valence-electron chi connectivity index (χ0n) is 11.2. The molecule has 0 aliphatic carbocycles. The van der Waals surface area contributed by atoms with Crippen LogP contribution in [0.25, 0.3) is 0 Å². The molecule has 2 rings (SSSR count). The number of rotatable bonds is 5. The monoisotopic (exact) mass is 289 g/mol. The van der Waals surface area contributed by atoms with Gasteiger partial charge >= 0.3 is 0 Å². The standard InChI is InChI=1S/C16H16ClNO2/c1-20-15-8-3-2-7-14(15)16(19)18-10-9-12-5-4-6-13(17)11-12/h2-8,11H,9-10H2,1H3,(H,18,19). The molecule has 0 heterocycles. The van der Waals surface area contributed by atoms with E-state index in [9.17, 15) is 4.79 Å². The highest BCUT2D eigenvalue weighted by Crippen LogP contribution is 2.17. The summed E-state index contributed by atoms with van der Waals surface area (Å²) in [6.45, 7) is 0.553. The number of carbonyl (C=O) groups excluding carboxylic acids is 1. The second kappa shape index (κ2) is 6.96. The third-order valence-electron chi connectivity index (χ3n) is 2.94. The van der Waals surface area contributed by atoms with Crippen LogP contribution in [0.3, 0.4) is 0 Å². The van der Waals surface area contributed by atoms with E-state index in [4.69, 9.17) is 16.3 Å². The Morgan fingerprint density at radius 1 is 1.20 bits per heavy atom. The molecule has 0 aromatic heterocycles. The summed E-state index contributed by atoms with van der Waals surface area (Å²) in [6.07, 6.45) is 0.738. The van der Waals surface area contributed by atoms with Gasteiger partial charge in [0.15, 0.2) is 0 Å². The van der Waals surface area contributed by atoms with Gasteiger partial charge in [0, 0.05) is 11.6 Å². The SMILES string of the molecule is COc1ccccc1C(=O)NCCc1cccc(Cl)c1. The van der Waals surface area contributed by atoms with Crippen LogP contribution in [-0.2, 0) is 6.42 Å². The number of nitrogens with one attached hydrogen (secondary N) is 1. The Morgan fingerprint density at radius 2 is 2.00 bits per heavy atom. The first kappa shape index (κ1) is 14.4. The first-order valence-electron chi connectivity index (χ1n) is 6.36. The molecule has 0 radical (unpaired) electrons. The second-order valence-corrected chi connectivity index (χ2v) is 4.77. The van der Waals surface area contributed by atoms with Gasteiger partial charge < -0.3 is 10.1 Å². The molecule has 0 unspecified atom stereocenters. The molecule has 0 aliphatic rings. The van der Waals surface area contributed by atoms with Gasteiger partial charge in [-0.15, -0.1) is 0 Å². The molecule has 0 aliphatic heterocycles. The fraction of sp³-hybridized carbons (Fsp3) is 0.188. The Balaban J connectivity index is 1.92. The van der Waals surface area contributed by atoms with Crippen LogP contribution in [0.4, 0.5) is 0 Å². The van der Waals surface area contributed by atoms with Crippen molar-refractivity contribution in [3.63, 3.8) is 0 Å². The molecule has 20 heavy (non-hydrogen) atoms. The van der Waals surface area contributed by atoms with Crippen molar-refractivity contribution in [2.75, 3.05) is 13.7 Å². The van der Waals surface area contributed by atoms with Crippen molar-refractivity contribution in [2.24, 2.45) is 0 Å². The molecule has 2 aromatic rings. The lowest BCUT2D eigenvalue weighted by atomic mass is 10.1. The van der Waals surface area contributed by atoms with Gasteiger partial charge in [0.1, 0.15) is 5.75 Å². The van der Waals surface area contributed by atoms with Crippen LogP contribution < -0.4 is 10.1 Å². The molecule has 2 aromatic carbocycles. The molecular weight excluding hydrogens is 274 g/mol. The number of ether oxygens (including phenoxy) is 1. The molecule has 4 heteroatoms. The lowest BCUT2D eigenvalue weighted by Gasteiger charge is -2.09. The number of amides is 1. The van der Waals surface area contributed by atoms with Crippen LogP contribution in [0, 0.1) is 0 Å². The van der Waals surface area contributed by atoms with Crippen molar-refractivity contribution in [3.8, 4) is 5.75 Å². The summed E-state index contributed by atoms with van der Waals surface area (Å²) >= 11 is 5.92. The molecule has 1 amide bonds. The first-order valence-corrected chi connectivity index (χ1v) is 6.74. The third-order valence-corrected chi connectivity index (χ3v) is 3.17. The van der Waals surface area contributed by atoms with Crippen molar-refractivity contribution < 1.29 is 9.53 Å². The highest BCUT2D eigenvalue weighted by molar-refractivity contribution is 6.30. The number of halogens is 1. The third kappa shape index (κ3) is 3.75. The number of hydrogen-bond acceptors (Lipinski definition) is 2. The van der Waals surface area contributed by atoms with Crippen LogP contribution >= 0.6 is 11.6 Å². The minimum Gasteiger partial charge on any atom is -0.496 e. The number of hydrogen-bond donors (Lipinski definition) is 1. The van der Waals surface area contributed by atoms with E-state index in [1.807, 2.05) is 36.4 Å². The maximum absolute atomic E-state index is 12.1. The fourth-order valence-electron chi connectivity index (χ4n) is 1.94. The summed E-state index contributed by atoms with van der Waals surface area (Å²) in [5.74, 6) is 0.442. The Kier molecular flexibility index (Phi) is 5.02. The zero-order valence-corrected chi connectivity index (χ0v) is 12.0. The van der Waals surface area contributed by atoms with Crippen LogP contribution in [0.5, 0.6) is 5.75 Å². The lowest BCUT2D eigenvalue weighted by molar-refractivity contribution is 0.0951. The number of methoxy groups -OCH3 is 1. The van der Waals surface area contributed by atoms with E-state index in [0.29, 0.717) is 22.9 Å². The Labute approximate surface area is 123 Å². The summed E-state index contributed by atoms with van der Waals surface area (Å²) in [4.78, 5) is 12.1. The molecule has 0 spiro atoms.